The molecule has 20 heavy (non-hydrogen) atoms. The third-order valence-electron chi connectivity index (χ3n) is 2.65. The van der Waals surface area contributed by atoms with Gasteiger partial charge in [0.05, 0.1) is 31.2 Å². The molecule has 0 aliphatic rings. The van der Waals surface area contributed by atoms with Gasteiger partial charge in [0.15, 0.2) is 0 Å². The van der Waals surface area contributed by atoms with Crippen molar-refractivity contribution in [1.29, 1.82) is 0 Å². The lowest BCUT2D eigenvalue weighted by Gasteiger charge is -2.08. The summed E-state index contributed by atoms with van der Waals surface area (Å²) in [6.07, 6.45) is 3.76. The van der Waals surface area contributed by atoms with Crippen LogP contribution in [0, 0.1) is 0 Å². The van der Waals surface area contributed by atoms with Crippen molar-refractivity contribution in [1.82, 2.24) is 9.97 Å². The van der Waals surface area contributed by atoms with Gasteiger partial charge in [0.1, 0.15) is 0 Å². The van der Waals surface area contributed by atoms with Crippen LogP contribution in [0.4, 0.5) is 5.69 Å². The van der Waals surface area contributed by atoms with Gasteiger partial charge < -0.3 is 15.2 Å². The summed E-state index contributed by atoms with van der Waals surface area (Å²) in [6.45, 7) is 0.411. The average Bonchev–Trinajstić information content (AvgIpc) is 2.49. The van der Waals surface area contributed by atoms with Crippen molar-refractivity contribution in [2.45, 2.75) is 6.42 Å². The lowest BCUT2D eigenvalue weighted by molar-refractivity contribution is 0.0601. The molecule has 0 saturated heterocycles. The zero-order chi connectivity index (χ0) is 14.4. The molecular weight excluding hydrogens is 258 g/mol. The van der Waals surface area contributed by atoms with E-state index in [9.17, 15) is 4.79 Å². The summed E-state index contributed by atoms with van der Waals surface area (Å²) in [7, 11) is 1.30. The largest absolute Gasteiger partial charge is 0.477 e. The molecule has 0 aliphatic heterocycles. The molecule has 0 aromatic carbocycles. The van der Waals surface area contributed by atoms with E-state index >= 15 is 0 Å². The Morgan fingerprint density at radius 2 is 2.20 bits per heavy atom. The highest BCUT2D eigenvalue weighted by Gasteiger charge is 2.12. The molecule has 0 spiro atoms. The first-order valence-corrected chi connectivity index (χ1v) is 6.07. The smallest absolute Gasteiger partial charge is 0.340 e. The van der Waals surface area contributed by atoms with E-state index < -0.39 is 5.97 Å². The minimum Gasteiger partial charge on any atom is -0.477 e. The van der Waals surface area contributed by atoms with Crippen molar-refractivity contribution < 1.29 is 14.3 Å². The number of hydrogen-bond acceptors (Lipinski definition) is 6. The van der Waals surface area contributed by atoms with Crippen LogP contribution in [-0.2, 0) is 11.2 Å². The van der Waals surface area contributed by atoms with Crippen molar-refractivity contribution in [3.63, 3.8) is 0 Å². The summed E-state index contributed by atoms with van der Waals surface area (Å²) in [5.41, 5.74) is 7.09. The molecule has 0 amide bonds. The summed E-state index contributed by atoms with van der Waals surface area (Å²) in [4.78, 5) is 19.7. The molecule has 2 heterocycles. The van der Waals surface area contributed by atoms with Crippen LogP contribution < -0.4 is 10.5 Å². The molecule has 0 unspecified atom stereocenters. The molecule has 0 saturated carbocycles. The number of nitrogen functional groups attached to an aromatic ring is 1. The summed E-state index contributed by atoms with van der Waals surface area (Å²) >= 11 is 0. The van der Waals surface area contributed by atoms with Gasteiger partial charge in [-0.1, -0.05) is 6.07 Å². The predicted molar refractivity (Wildman–Crippen MR) is 73.4 cm³/mol. The van der Waals surface area contributed by atoms with E-state index in [-0.39, 0.29) is 11.3 Å². The normalized spacial score (nSPS) is 10.1. The Morgan fingerprint density at radius 1 is 1.35 bits per heavy atom. The second-order valence-corrected chi connectivity index (χ2v) is 4.02. The Balaban J connectivity index is 1.98. The van der Waals surface area contributed by atoms with Gasteiger partial charge in [-0.05, 0) is 12.1 Å². The van der Waals surface area contributed by atoms with E-state index in [1.54, 1.807) is 6.20 Å². The quantitative estimate of drug-likeness (QED) is 0.830. The summed E-state index contributed by atoms with van der Waals surface area (Å²) in [6, 6.07) is 7.16. The molecule has 2 rings (SSSR count). The molecule has 0 fully saturated rings. The third kappa shape index (κ3) is 3.44. The van der Waals surface area contributed by atoms with Crippen LogP contribution in [0.25, 0.3) is 0 Å². The maximum Gasteiger partial charge on any atom is 0.340 e. The van der Waals surface area contributed by atoms with E-state index in [1.165, 1.54) is 19.4 Å². The van der Waals surface area contributed by atoms with E-state index in [4.69, 9.17) is 10.5 Å². The Bertz CT molecular complexity index is 587. The number of methoxy groups -OCH3 is 1. The molecular formula is C14H15N3O3. The zero-order valence-electron chi connectivity index (χ0n) is 11.1. The molecule has 0 radical (unpaired) electrons. The van der Waals surface area contributed by atoms with E-state index in [1.807, 2.05) is 18.2 Å². The Labute approximate surface area is 116 Å². The van der Waals surface area contributed by atoms with Crippen molar-refractivity contribution in [2.75, 3.05) is 19.5 Å². The Morgan fingerprint density at radius 3 is 2.90 bits per heavy atom. The van der Waals surface area contributed by atoms with Gasteiger partial charge in [0.2, 0.25) is 5.88 Å². The first-order valence-electron chi connectivity index (χ1n) is 6.07. The maximum absolute atomic E-state index is 11.5. The van der Waals surface area contributed by atoms with Crippen LogP contribution in [0.1, 0.15) is 16.1 Å². The second-order valence-electron chi connectivity index (χ2n) is 4.02. The molecule has 2 N–H and O–H groups in total. The molecule has 2 aromatic rings. The molecule has 0 atom stereocenters. The van der Waals surface area contributed by atoms with Crippen molar-refractivity contribution in [3.8, 4) is 5.88 Å². The number of rotatable bonds is 5. The van der Waals surface area contributed by atoms with Crippen molar-refractivity contribution >= 4 is 11.7 Å². The monoisotopic (exact) mass is 273 g/mol. The number of nitrogens with two attached hydrogens (primary N) is 1. The second kappa shape index (κ2) is 6.51. The summed E-state index contributed by atoms with van der Waals surface area (Å²) < 4.78 is 10.1. The van der Waals surface area contributed by atoms with Crippen LogP contribution in [0.5, 0.6) is 5.88 Å². The fourth-order valence-electron chi connectivity index (χ4n) is 1.62. The summed E-state index contributed by atoms with van der Waals surface area (Å²) in [5.74, 6) is -0.185. The van der Waals surface area contributed by atoms with Gasteiger partial charge in [-0.3, -0.25) is 4.98 Å². The number of carbonyl (C=O) groups excluding carboxylic acids is 1. The van der Waals surface area contributed by atoms with Crippen molar-refractivity contribution in [2.24, 2.45) is 0 Å². The van der Waals surface area contributed by atoms with Gasteiger partial charge in [0.25, 0.3) is 0 Å². The number of ether oxygens (including phenoxy) is 2. The fraction of sp³-hybridized carbons (Fsp3) is 0.214. The number of carbonyl (C=O) groups is 1. The van der Waals surface area contributed by atoms with Gasteiger partial charge in [-0.2, -0.15) is 0 Å². The van der Waals surface area contributed by atoms with E-state index in [2.05, 4.69) is 14.7 Å². The maximum atomic E-state index is 11.5. The number of esters is 1. The highest BCUT2D eigenvalue weighted by molar-refractivity contribution is 5.95. The first-order chi connectivity index (χ1) is 9.70. The highest BCUT2D eigenvalue weighted by atomic mass is 16.5. The van der Waals surface area contributed by atoms with Crippen molar-refractivity contribution in [3.05, 3.63) is 47.9 Å². The standard InChI is InChI=1S/C14H15N3O3/c1-19-14(18)11-8-13(17-9-12(11)15)20-7-5-10-4-2-3-6-16-10/h2-4,6,8-9H,5,7,15H2,1H3. The van der Waals surface area contributed by atoms with E-state index in [0.29, 0.717) is 18.9 Å². The van der Waals surface area contributed by atoms with Crippen LogP contribution in [0.15, 0.2) is 36.7 Å². The zero-order valence-corrected chi connectivity index (χ0v) is 11.1. The number of nitrogens with zero attached hydrogens (tertiary/aromatic N) is 2. The lowest BCUT2D eigenvalue weighted by Crippen LogP contribution is -2.09. The first kappa shape index (κ1) is 13.8. The third-order valence-corrected chi connectivity index (χ3v) is 2.65. The number of pyridine rings is 2. The minimum atomic E-state index is -0.514. The Kier molecular flexibility index (Phi) is 4.49. The van der Waals surface area contributed by atoms with Crippen LogP contribution in [0.3, 0.4) is 0 Å². The summed E-state index contributed by atoms with van der Waals surface area (Å²) in [5, 5.41) is 0. The van der Waals surface area contributed by atoms with Crippen LogP contribution in [0.2, 0.25) is 0 Å². The molecule has 104 valence electrons. The highest BCUT2D eigenvalue weighted by Crippen LogP contribution is 2.17. The lowest BCUT2D eigenvalue weighted by atomic mass is 10.2. The topological polar surface area (TPSA) is 87.3 Å². The SMILES string of the molecule is COC(=O)c1cc(OCCc2ccccn2)ncc1N. The molecule has 6 nitrogen and oxygen atoms in total. The number of hydrogen-bond donors (Lipinski definition) is 1. The molecule has 2 aromatic heterocycles. The van der Waals surface area contributed by atoms with Gasteiger partial charge in [-0.25, -0.2) is 9.78 Å². The van der Waals surface area contributed by atoms with Gasteiger partial charge in [-0.15, -0.1) is 0 Å². The Hall–Kier alpha value is -2.63. The minimum absolute atomic E-state index is 0.246. The van der Waals surface area contributed by atoms with Gasteiger partial charge >= 0.3 is 5.97 Å². The molecule has 0 aliphatic carbocycles. The predicted octanol–water partition coefficient (Wildman–Crippen LogP) is 1.47. The van der Waals surface area contributed by atoms with Gasteiger partial charge in [0, 0.05) is 24.4 Å². The molecule has 6 heteroatoms. The average molecular weight is 273 g/mol. The van der Waals surface area contributed by atoms with E-state index in [0.717, 1.165) is 5.69 Å². The number of aromatic nitrogens is 2. The number of anilines is 1. The van der Waals surface area contributed by atoms with Crippen LogP contribution >= 0.6 is 0 Å². The van der Waals surface area contributed by atoms with Crippen LogP contribution in [-0.4, -0.2) is 29.7 Å². The fourth-order valence-corrected chi connectivity index (χ4v) is 1.62. The molecule has 0 bridgehead atoms.